The Labute approximate surface area is 88.8 Å². The maximum atomic E-state index is 2.39. The molecule has 0 aromatic heterocycles. The van der Waals surface area contributed by atoms with E-state index in [-0.39, 0.29) is 0 Å². The van der Waals surface area contributed by atoms with Gasteiger partial charge in [0.15, 0.2) is 0 Å². The Morgan fingerprint density at radius 3 is 2.64 bits per heavy atom. The van der Waals surface area contributed by atoms with Crippen molar-refractivity contribution in [2.24, 2.45) is 11.8 Å². The van der Waals surface area contributed by atoms with Crippen LogP contribution in [0.4, 0.5) is 0 Å². The molecule has 0 radical (unpaired) electrons. The summed E-state index contributed by atoms with van der Waals surface area (Å²) in [6.45, 7) is 4.68. The molecule has 2 unspecified atom stereocenters. The molecule has 2 aliphatic rings. The minimum absolute atomic E-state index is 1.02. The number of hydrogen-bond acceptors (Lipinski definition) is 0. The van der Waals surface area contributed by atoms with Gasteiger partial charge >= 0.3 is 0 Å². The van der Waals surface area contributed by atoms with Gasteiger partial charge in [-0.05, 0) is 44.4 Å². The van der Waals surface area contributed by atoms with Crippen LogP contribution >= 0.6 is 0 Å². The van der Waals surface area contributed by atoms with Crippen LogP contribution < -0.4 is 0 Å². The molecular formula is C14H24. The van der Waals surface area contributed by atoms with Crippen LogP contribution in [0.1, 0.15) is 65.2 Å². The van der Waals surface area contributed by atoms with Crippen molar-refractivity contribution < 1.29 is 0 Å². The van der Waals surface area contributed by atoms with E-state index < -0.39 is 0 Å². The molecule has 0 spiro atoms. The third kappa shape index (κ3) is 1.76. The zero-order chi connectivity index (χ0) is 9.97. The first-order chi connectivity index (χ1) is 6.84. The van der Waals surface area contributed by atoms with Crippen molar-refractivity contribution in [2.45, 2.75) is 65.2 Å². The molecule has 0 heteroatoms. The van der Waals surface area contributed by atoms with E-state index in [1.54, 1.807) is 5.57 Å². The Morgan fingerprint density at radius 1 is 1.07 bits per heavy atom. The summed E-state index contributed by atoms with van der Waals surface area (Å²) in [6.07, 6.45) is 11.6. The monoisotopic (exact) mass is 192 g/mol. The highest BCUT2D eigenvalue weighted by Crippen LogP contribution is 2.52. The normalized spacial score (nSPS) is 30.4. The van der Waals surface area contributed by atoms with Crippen molar-refractivity contribution in [3.8, 4) is 0 Å². The molecule has 0 heterocycles. The molecule has 0 nitrogen and oxygen atoms in total. The molecule has 0 aliphatic heterocycles. The molecule has 14 heavy (non-hydrogen) atoms. The zero-order valence-corrected chi connectivity index (χ0v) is 9.81. The number of rotatable bonds is 5. The third-order valence-electron chi connectivity index (χ3n) is 4.33. The van der Waals surface area contributed by atoms with E-state index in [1.807, 2.05) is 5.57 Å². The van der Waals surface area contributed by atoms with Gasteiger partial charge in [0.05, 0.1) is 0 Å². The summed E-state index contributed by atoms with van der Waals surface area (Å²) in [5.74, 6) is 2.06. The molecule has 80 valence electrons. The highest BCUT2D eigenvalue weighted by molar-refractivity contribution is 5.32. The van der Waals surface area contributed by atoms with Gasteiger partial charge < -0.3 is 0 Å². The summed E-state index contributed by atoms with van der Waals surface area (Å²) < 4.78 is 0. The first-order valence-electron chi connectivity index (χ1n) is 6.54. The van der Waals surface area contributed by atoms with Crippen LogP contribution in [0.5, 0.6) is 0 Å². The van der Waals surface area contributed by atoms with E-state index >= 15 is 0 Å². The molecule has 0 aromatic rings. The highest BCUT2D eigenvalue weighted by atomic mass is 14.4. The fourth-order valence-electron chi connectivity index (χ4n) is 3.45. The average molecular weight is 192 g/mol. The summed E-state index contributed by atoms with van der Waals surface area (Å²) in [5, 5.41) is 0. The molecule has 1 fully saturated rings. The van der Waals surface area contributed by atoms with Gasteiger partial charge in [-0.2, -0.15) is 0 Å². The Hall–Kier alpha value is -0.260. The highest BCUT2D eigenvalue weighted by Gasteiger charge is 2.39. The van der Waals surface area contributed by atoms with Gasteiger partial charge in [-0.3, -0.25) is 0 Å². The predicted molar refractivity (Wildman–Crippen MR) is 62.3 cm³/mol. The topological polar surface area (TPSA) is 0 Å². The van der Waals surface area contributed by atoms with E-state index in [0.29, 0.717) is 0 Å². The van der Waals surface area contributed by atoms with Gasteiger partial charge in [0.1, 0.15) is 0 Å². The molecule has 2 rings (SSSR count). The smallest absolute Gasteiger partial charge is 0.0135 e. The average Bonchev–Trinajstić information content (AvgIpc) is 2.62. The fraction of sp³-hybridized carbons (Fsp3) is 0.857. The molecule has 2 aliphatic carbocycles. The SMILES string of the molecule is CCCCCCC1=C(C)C2CCCC12. The molecular weight excluding hydrogens is 168 g/mol. The van der Waals surface area contributed by atoms with Crippen LogP contribution in [-0.2, 0) is 0 Å². The summed E-state index contributed by atoms with van der Waals surface area (Å²) in [7, 11) is 0. The van der Waals surface area contributed by atoms with Crippen LogP contribution in [-0.4, -0.2) is 0 Å². The van der Waals surface area contributed by atoms with Gasteiger partial charge in [-0.25, -0.2) is 0 Å². The number of fused-ring (bicyclic) bond motifs is 1. The van der Waals surface area contributed by atoms with E-state index in [9.17, 15) is 0 Å². The summed E-state index contributed by atoms with van der Waals surface area (Å²) in [5.41, 5.74) is 3.65. The van der Waals surface area contributed by atoms with E-state index in [4.69, 9.17) is 0 Å². The van der Waals surface area contributed by atoms with Crippen LogP contribution in [0, 0.1) is 11.8 Å². The lowest BCUT2D eigenvalue weighted by atomic mass is 9.69. The molecule has 1 saturated carbocycles. The lowest BCUT2D eigenvalue weighted by Gasteiger charge is -2.36. The van der Waals surface area contributed by atoms with Crippen molar-refractivity contribution in [2.75, 3.05) is 0 Å². The Kier molecular flexibility index (Phi) is 3.30. The van der Waals surface area contributed by atoms with Gasteiger partial charge in [0, 0.05) is 0 Å². The molecule has 0 amide bonds. The Morgan fingerprint density at radius 2 is 1.86 bits per heavy atom. The Balaban J connectivity index is 1.76. The molecule has 2 atom stereocenters. The van der Waals surface area contributed by atoms with Crippen molar-refractivity contribution in [1.82, 2.24) is 0 Å². The molecule has 0 N–H and O–H groups in total. The van der Waals surface area contributed by atoms with Crippen LogP contribution in [0.15, 0.2) is 11.1 Å². The van der Waals surface area contributed by atoms with Crippen LogP contribution in [0.25, 0.3) is 0 Å². The van der Waals surface area contributed by atoms with Gasteiger partial charge in [0.2, 0.25) is 0 Å². The predicted octanol–water partition coefficient (Wildman–Crippen LogP) is 4.70. The lowest BCUT2D eigenvalue weighted by Crippen LogP contribution is -2.24. The third-order valence-corrected chi connectivity index (χ3v) is 4.33. The van der Waals surface area contributed by atoms with Gasteiger partial charge in [-0.15, -0.1) is 0 Å². The van der Waals surface area contributed by atoms with E-state index in [0.717, 1.165) is 11.8 Å². The van der Waals surface area contributed by atoms with Crippen molar-refractivity contribution in [3.63, 3.8) is 0 Å². The Bertz CT molecular complexity index is 224. The van der Waals surface area contributed by atoms with E-state index in [2.05, 4.69) is 13.8 Å². The first kappa shape index (κ1) is 10.3. The number of unbranched alkanes of at least 4 members (excludes halogenated alkanes) is 3. The summed E-state index contributed by atoms with van der Waals surface area (Å²) >= 11 is 0. The van der Waals surface area contributed by atoms with Gasteiger partial charge in [-0.1, -0.05) is 43.8 Å². The molecule has 0 aromatic carbocycles. The first-order valence-corrected chi connectivity index (χ1v) is 6.54. The standard InChI is InChI=1S/C14H24/c1-3-4-5-6-8-12-11(2)13-9-7-10-14(12)13/h13-14H,3-10H2,1-2H3. The summed E-state index contributed by atoms with van der Waals surface area (Å²) in [6, 6.07) is 0. The fourth-order valence-corrected chi connectivity index (χ4v) is 3.45. The van der Waals surface area contributed by atoms with Gasteiger partial charge in [0.25, 0.3) is 0 Å². The van der Waals surface area contributed by atoms with Crippen LogP contribution in [0.3, 0.4) is 0 Å². The van der Waals surface area contributed by atoms with E-state index in [1.165, 1.54) is 51.4 Å². The minimum atomic E-state index is 1.02. The second-order valence-electron chi connectivity index (χ2n) is 5.16. The second kappa shape index (κ2) is 4.51. The van der Waals surface area contributed by atoms with Crippen LogP contribution in [0.2, 0.25) is 0 Å². The van der Waals surface area contributed by atoms with Crippen molar-refractivity contribution in [1.29, 1.82) is 0 Å². The minimum Gasteiger partial charge on any atom is -0.0701 e. The molecule has 0 saturated heterocycles. The quantitative estimate of drug-likeness (QED) is 0.437. The zero-order valence-electron chi connectivity index (χ0n) is 9.81. The number of allylic oxidation sites excluding steroid dienone is 2. The lowest BCUT2D eigenvalue weighted by molar-refractivity contribution is 0.403. The second-order valence-corrected chi connectivity index (χ2v) is 5.16. The number of hydrogen-bond donors (Lipinski definition) is 0. The van der Waals surface area contributed by atoms with Crippen molar-refractivity contribution >= 4 is 0 Å². The van der Waals surface area contributed by atoms with Crippen molar-refractivity contribution in [3.05, 3.63) is 11.1 Å². The largest absolute Gasteiger partial charge is 0.0701 e. The maximum Gasteiger partial charge on any atom is -0.0135 e. The molecule has 0 bridgehead atoms. The summed E-state index contributed by atoms with van der Waals surface area (Å²) in [4.78, 5) is 0. The maximum absolute atomic E-state index is 2.39.